The van der Waals surface area contributed by atoms with Gasteiger partial charge in [0.1, 0.15) is 5.60 Å². The highest BCUT2D eigenvalue weighted by Gasteiger charge is 2.21. The second-order valence-electron chi connectivity index (χ2n) is 5.32. The summed E-state index contributed by atoms with van der Waals surface area (Å²) in [6.07, 6.45) is 1.17. The van der Waals surface area contributed by atoms with E-state index in [0.717, 1.165) is 16.8 Å². The van der Waals surface area contributed by atoms with Gasteiger partial charge in [0.25, 0.3) is 0 Å². The summed E-state index contributed by atoms with van der Waals surface area (Å²) in [5.74, 6) is 0. The molecule has 0 aliphatic heterocycles. The summed E-state index contributed by atoms with van der Waals surface area (Å²) < 4.78 is 6.58. The van der Waals surface area contributed by atoms with Crippen LogP contribution in [0.4, 0.5) is 4.79 Å². The molecule has 0 aliphatic rings. The number of fused-ring (bicyclic) bond motifs is 1. The molecule has 96 valence electrons. The molecule has 0 fully saturated rings. The van der Waals surface area contributed by atoms with Crippen molar-refractivity contribution in [2.45, 2.75) is 40.2 Å². The Bertz CT molecular complexity index is 608. The van der Waals surface area contributed by atoms with Gasteiger partial charge in [-0.25, -0.2) is 4.79 Å². The van der Waals surface area contributed by atoms with Crippen molar-refractivity contribution >= 4 is 17.0 Å². The molecule has 0 saturated carbocycles. The van der Waals surface area contributed by atoms with Crippen LogP contribution in [0.15, 0.2) is 12.3 Å². The van der Waals surface area contributed by atoms with Crippen molar-refractivity contribution in [3.05, 3.63) is 23.7 Å². The lowest BCUT2D eigenvalue weighted by molar-refractivity contribution is 0.0522. The van der Waals surface area contributed by atoms with Crippen LogP contribution in [-0.2, 0) is 4.74 Å². The third kappa shape index (κ3) is 2.34. The highest BCUT2D eigenvalue weighted by Crippen LogP contribution is 2.19. The van der Waals surface area contributed by atoms with Gasteiger partial charge in [-0.05, 0) is 40.7 Å². The molecule has 0 spiro atoms. The minimum atomic E-state index is -0.540. The molecular weight excluding hydrogens is 230 g/mol. The highest BCUT2D eigenvalue weighted by atomic mass is 16.6. The summed E-state index contributed by atoms with van der Waals surface area (Å²) in [5.41, 5.74) is 1.82. The monoisotopic (exact) mass is 247 g/mol. The molecule has 2 aromatic rings. The highest BCUT2D eigenvalue weighted by molar-refractivity contribution is 5.89. The van der Waals surface area contributed by atoms with E-state index in [4.69, 9.17) is 4.74 Å². The van der Waals surface area contributed by atoms with Gasteiger partial charge in [-0.2, -0.15) is 9.78 Å². The van der Waals surface area contributed by atoms with E-state index in [-0.39, 0.29) is 0 Å². The van der Waals surface area contributed by atoms with Crippen LogP contribution in [0.25, 0.3) is 10.9 Å². The fourth-order valence-corrected chi connectivity index (χ4v) is 1.71. The third-order valence-electron chi connectivity index (χ3n) is 2.45. The van der Waals surface area contributed by atoms with E-state index in [1.165, 1.54) is 4.68 Å². The molecule has 5 nitrogen and oxygen atoms in total. The maximum atomic E-state index is 12.0. The van der Waals surface area contributed by atoms with E-state index in [1.807, 2.05) is 40.7 Å². The van der Waals surface area contributed by atoms with Gasteiger partial charge in [0.2, 0.25) is 0 Å². The molecule has 5 heteroatoms. The Morgan fingerprint density at radius 2 is 2.00 bits per heavy atom. The third-order valence-corrected chi connectivity index (χ3v) is 2.45. The number of rotatable bonds is 0. The molecule has 0 unspecified atom stereocenters. The number of carbonyl (C=O) groups excluding carboxylic acids is 1. The van der Waals surface area contributed by atoms with Gasteiger partial charge < -0.3 is 4.74 Å². The molecule has 0 amide bonds. The van der Waals surface area contributed by atoms with Gasteiger partial charge in [-0.15, -0.1) is 0 Å². The van der Waals surface area contributed by atoms with Crippen LogP contribution in [0.2, 0.25) is 0 Å². The van der Waals surface area contributed by atoms with Crippen LogP contribution < -0.4 is 0 Å². The first-order chi connectivity index (χ1) is 8.28. The minimum absolute atomic E-state index is 0.480. The van der Waals surface area contributed by atoms with E-state index in [0.29, 0.717) is 5.52 Å². The zero-order valence-corrected chi connectivity index (χ0v) is 11.3. The van der Waals surface area contributed by atoms with Crippen LogP contribution >= 0.6 is 0 Å². The maximum absolute atomic E-state index is 12.0. The number of carbonyl (C=O) groups is 1. The molecular formula is C13H17N3O2. The summed E-state index contributed by atoms with van der Waals surface area (Å²) in [6.45, 7) is 9.25. The summed E-state index contributed by atoms with van der Waals surface area (Å²) in [7, 11) is 0. The Kier molecular flexibility index (Phi) is 2.84. The fourth-order valence-electron chi connectivity index (χ4n) is 1.71. The Morgan fingerprint density at radius 1 is 1.33 bits per heavy atom. The van der Waals surface area contributed by atoms with E-state index in [1.54, 1.807) is 6.20 Å². The molecule has 0 atom stereocenters. The van der Waals surface area contributed by atoms with Crippen LogP contribution in [0.3, 0.4) is 0 Å². The van der Waals surface area contributed by atoms with E-state index in [2.05, 4.69) is 10.1 Å². The average molecular weight is 247 g/mol. The summed E-state index contributed by atoms with van der Waals surface area (Å²) in [6, 6.07) is 1.92. The van der Waals surface area contributed by atoms with Crippen molar-refractivity contribution < 1.29 is 9.53 Å². The Hall–Kier alpha value is -1.91. The second-order valence-corrected chi connectivity index (χ2v) is 5.32. The van der Waals surface area contributed by atoms with Crippen molar-refractivity contribution in [3.8, 4) is 0 Å². The zero-order valence-electron chi connectivity index (χ0n) is 11.3. The maximum Gasteiger partial charge on any atom is 0.435 e. The van der Waals surface area contributed by atoms with Crippen LogP contribution in [0, 0.1) is 13.8 Å². The number of ether oxygens (including phenoxy) is 1. The predicted molar refractivity (Wildman–Crippen MR) is 68.6 cm³/mol. The average Bonchev–Trinajstić information content (AvgIpc) is 2.54. The smallest absolute Gasteiger partial charge is 0.435 e. The topological polar surface area (TPSA) is 57.0 Å². The van der Waals surface area contributed by atoms with Gasteiger partial charge in [-0.3, -0.25) is 4.98 Å². The lowest BCUT2D eigenvalue weighted by Crippen LogP contribution is -2.27. The van der Waals surface area contributed by atoms with Crippen molar-refractivity contribution in [2.24, 2.45) is 0 Å². The van der Waals surface area contributed by atoms with Crippen molar-refractivity contribution in [2.75, 3.05) is 0 Å². The molecule has 0 aromatic carbocycles. The normalized spacial score (nSPS) is 11.8. The first-order valence-electron chi connectivity index (χ1n) is 5.83. The number of aromatic nitrogens is 3. The van der Waals surface area contributed by atoms with Gasteiger partial charge >= 0.3 is 6.09 Å². The Morgan fingerprint density at radius 3 is 2.61 bits per heavy atom. The number of hydrogen-bond donors (Lipinski definition) is 0. The van der Waals surface area contributed by atoms with Crippen molar-refractivity contribution in [3.63, 3.8) is 0 Å². The largest absolute Gasteiger partial charge is 0.442 e. The molecule has 2 aromatic heterocycles. The van der Waals surface area contributed by atoms with E-state index >= 15 is 0 Å². The standard InChI is InChI=1S/C13H17N3O2/c1-8-6-10-9(2)15-16(11(10)7-14-8)12(17)18-13(3,4)5/h6-7H,1-5H3. The van der Waals surface area contributed by atoms with Gasteiger partial charge in [0, 0.05) is 11.1 Å². The molecule has 0 aliphatic carbocycles. The molecule has 2 heterocycles. The predicted octanol–water partition coefficient (Wildman–Crippen LogP) is 2.83. The number of hydrogen-bond acceptors (Lipinski definition) is 4. The summed E-state index contributed by atoms with van der Waals surface area (Å²) in [5, 5.41) is 5.14. The Balaban J connectivity index is 2.49. The number of pyridine rings is 1. The Labute approximate surface area is 106 Å². The second kappa shape index (κ2) is 4.08. The quantitative estimate of drug-likeness (QED) is 0.718. The van der Waals surface area contributed by atoms with Gasteiger partial charge in [0.05, 0.1) is 17.4 Å². The van der Waals surface area contributed by atoms with E-state index in [9.17, 15) is 4.79 Å². The zero-order chi connectivity index (χ0) is 13.5. The van der Waals surface area contributed by atoms with E-state index < -0.39 is 11.7 Å². The van der Waals surface area contributed by atoms with Crippen molar-refractivity contribution in [1.29, 1.82) is 0 Å². The van der Waals surface area contributed by atoms with Gasteiger partial charge in [0.15, 0.2) is 0 Å². The summed E-state index contributed by atoms with van der Waals surface area (Å²) >= 11 is 0. The van der Waals surface area contributed by atoms with Crippen LogP contribution in [0.1, 0.15) is 32.2 Å². The lowest BCUT2D eigenvalue weighted by atomic mass is 10.2. The SMILES string of the molecule is Cc1cc2c(C)nn(C(=O)OC(C)(C)C)c2cn1. The molecule has 0 saturated heterocycles. The lowest BCUT2D eigenvalue weighted by Gasteiger charge is -2.19. The minimum Gasteiger partial charge on any atom is -0.442 e. The molecule has 2 rings (SSSR count). The number of aryl methyl sites for hydroxylation is 2. The van der Waals surface area contributed by atoms with Gasteiger partial charge in [-0.1, -0.05) is 0 Å². The molecule has 0 N–H and O–H groups in total. The fraction of sp³-hybridized carbons (Fsp3) is 0.462. The molecule has 18 heavy (non-hydrogen) atoms. The van der Waals surface area contributed by atoms with Crippen LogP contribution in [-0.4, -0.2) is 26.5 Å². The number of nitrogens with zero attached hydrogens (tertiary/aromatic N) is 3. The first kappa shape index (κ1) is 12.5. The molecule has 0 bridgehead atoms. The summed E-state index contributed by atoms with van der Waals surface area (Å²) in [4.78, 5) is 16.2. The first-order valence-corrected chi connectivity index (χ1v) is 5.83. The molecule has 0 radical (unpaired) electrons. The van der Waals surface area contributed by atoms with Crippen molar-refractivity contribution in [1.82, 2.24) is 14.8 Å². The van der Waals surface area contributed by atoms with Crippen LogP contribution in [0.5, 0.6) is 0 Å².